The summed E-state index contributed by atoms with van der Waals surface area (Å²) in [5.41, 5.74) is 0. The van der Waals surface area contributed by atoms with E-state index in [4.69, 9.17) is 0 Å². The van der Waals surface area contributed by atoms with Gasteiger partial charge in [0.2, 0.25) is 0 Å². The Balaban J connectivity index is 0.000000333. The van der Waals surface area contributed by atoms with Gasteiger partial charge in [-0.1, -0.05) is 12.1 Å². The van der Waals surface area contributed by atoms with E-state index in [9.17, 15) is 0 Å². The average molecular weight is 352 g/mol. The normalized spacial score (nSPS) is 8.76. The van der Waals surface area contributed by atoms with E-state index in [0.717, 1.165) is 0 Å². The van der Waals surface area contributed by atoms with Gasteiger partial charge in [-0.2, -0.15) is 35.0 Å². The Hall–Kier alpha value is -1.18. The van der Waals surface area contributed by atoms with Gasteiger partial charge in [0.15, 0.2) is 0 Å². The topological polar surface area (TPSA) is 0 Å². The fraction of sp³-hybridized carbons (Fsp3) is 0. The van der Waals surface area contributed by atoms with Crippen molar-refractivity contribution in [3.63, 3.8) is 0 Å². The minimum atomic E-state index is 0. The molecule has 0 nitrogen and oxygen atoms in total. The van der Waals surface area contributed by atoms with Crippen molar-refractivity contribution in [3.05, 3.63) is 84.9 Å². The van der Waals surface area contributed by atoms with Gasteiger partial charge in [0.05, 0.1) is 0 Å². The van der Waals surface area contributed by atoms with Gasteiger partial charge < -0.3 is 24.8 Å². The summed E-state index contributed by atoms with van der Waals surface area (Å²) >= 11 is 0. The number of hydrogen-bond donors (Lipinski definition) is 0. The van der Waals surface area contributed by atoms with Crippen molar-refractivity contribution < 1.29 is 43.4 Å². The number of hydrogen-bond acceptors (Lipinski definition) is 0. The molecule has 3 heteroatoms. The van der Waals surface area contributed by atoms with E-state index in [-0.39, 0.29) is 43.4 Å². The average Bonchev–Trinajstić information content (AvgIpc) is 3.08. The molecule has 0 saturated carbocycles. The standard InChI is InChI=1S/2C9H7.2ClH.V/c2*1-2-5-9-7-3-6-8(9)4-1;;;/h2*1-7H;2*1H;/q2*-1;;;+4/p-2. The van der Waals surface area contributed by atoms with Gasteiger partial charge in [-0.05, 0) is 0 Å². The molecule has 0 bridgehead atoms. The summed E-state index contributed by atoms with van der Waals surface area (Å²) in [6.07, 6.45) is 0. The van der Waals surface area contributed by atoms with Crippen molar-refractivity contribution in [1.82, 2.24) is 0 Å². The first-order chi connectivity index (χ1) is 8.93. The van der Waals surface area contributed by atoms with Crippen LogP contribution in [0.5, 0.6) is 0 Å². The van der Waals surface area contributed by atoms with Crippen LogP contribution in [0.15, 0.2) is 84.9 Å². The molecule has 21 heavy (non-hydrogen) atoms. The van der Waals surface area contributed by atoms with Crippen LogP contribution in [0.3, 0.4) is 0 Å². The molecule has 4 aromatic rings. The molecule has 0 aromatic heterocycles. The molecule has 0 saturated heterocycles. The summed E-state index contributed by atoms with van der Waals surface area (Å²) in [5.74, 6) is 0. The van der Waals surface area contributed by atoms with Crippen molar-refractivity contribution in [2.45, 2.75) is 0 Å². The minimum absolute atomic E-state index is 0. The zero-order valence-electron chi connectivity index (χ0n) is 11.3. The zero-order valence-corrected chi connectivity index (χ0v) is 14.2. The van der Waals surface area contributed by atoms with Crippen LogP contribution in [-0.2, 0) is 18.6 Å². The Bertz CT molecular complexity index is 629. The maximum absolute atomic E-state index is 2.12. The van der Waals surface area contributed by atoms with Gasteiger partial charge in [-0.25, -0.2) is 0 Å². The van der Waals surface area contributed by atoms with Crippen molar-refractivity contribution in [2.75, 3.05) is 0 Å². The van der Waals surface area contributed by atoms with E-state index in [1.165, 1.54) is 21.5 Å². The molecule has 0 N–H and O–H groups in total. The first-order valence-electron chi connectivity index (χ1n) is 6.14. The third-order valence-electron chi connectivity index (χ3n) is 3.10. The Labute approximate surface area is 149 Å². The van der Waals surface area contributed by atoms with Crippen molar-refractivity contribution >= 4 is 21.5 Å². The van der Waals surface area contributed by atoms with E-state index in [1.54, 1.807) is 0 Å². The van der Waals surface area contributed by atoms with Crippen LogP contribution in [0.1, 0.15) is 0 Å². The molecule has 0 fully saturated rings. The predicted molar refractivity (Wildman–Crippen MR) is 79.1 cm³/mol. The van der Waals surface area contributed by atoms with Crippen LogP contribution in [-0.4, -0.2) is 0 Å². The fourth-order valence-corrected chi connectivity index (χ4v) is 2.14. The second-order valence-corrected chi connectivity index (χ2v) is 4.31. The summed E-state index contributed by atoms with van der Waals surface area (Å²) in [4.78, 5) is 0. The van der Waals surface area contributed by atoms with Crippen LogP contribution >= 0.6 is 0 Å². The molecule has 0 aliphatic carbocycles. The van der Waals surface area contributed by atoms with Crippen LogP contribution in [0.25, 0.3) is 21.5 Å². The van der Waals surface area contributed by atoms with Crippen LogP contribution in [0.2, 0.25) is 0 Å². The first kappa shape index (κ1) is 19.8. The Morgan fingerprint density at radius 2 is 0.905 bits per heavy atom. The Morgan fingerprint density at radius 3 is 1.29 bits per heavy atom. The molecule has 4 aromatic carbocycles. The van der Waals surface area contributed by atoms with Gasteiger partial charge in [0.25, 0.3) is 0 Å². The molecule has 105 valence electrons. The van der Waals surface area contributed by atoms with Gasteiger partial charge >= 0.3 is 18.6 Å². The summed E-state index contributed by atoms with van der Waals surface area (Å²) in [7, 11) is 0. The van der Waals surface area contributed by atoms with Crippen molar-refractivity contribution in [1.29, 1.82) is 0 Å². The molecule has 0 aliphatic heterocycles. The molecule has 1 radical (unpaired) electrons. The van der Waals surface area contributed by atoms with Gasteiger partial charge in [0, 0.05) is 0 Å². The zero-order chi connectivity index (χ0) is 12.2. The summed E-state index contributed by atoms with van der Waals surface area (Å²) < 4.78 is 0. The van der Waals surface area contributed by atoms with Gasteiger partial charge in [-0.3, -0.25) is 0 Å². The van der Waals surface area contributed by atoms with Crippen LogP contribution < -0.4 is 24.8 Å². The summed E-state index contributed by atoms with van der Waals surface area (Å²) in [6, 6.07) is 29.3. The molecular formula is C18H14Cl2V. The summed E-state index contributed by atoms with van der Waals surface area (Å²) in [5, 5.41) is 5.32. The second-order valence-electron chi connectivity index (χ2n) is 4.31. The van der Waals surface area contributed by atoms with Crippen molar-refractivity contribution in [2.24, 2.45) is 0 Å². The molecule has 0 spiro atoms. The van der Waals surface area contributed by atoms with Crippen LogP contribution in [0, 0.1) is 0 Å². The van der Waals surface area contributed by atoms with Gasteiger partial charge in [-0.15, -0.1) is 59.3 Å². The fourth-order valence-electron chi connectivity index (χ4n) is 2.14. The SMILES string of the molecule is [Cl-].[Cl-].[V+4].c1ccc2[cH-]ccc2c1.c1ccc2[cH-]ccc2c1. The number of halogens is 2. The number of benzene rings is 2. The first-order valence-corrected chi connectivity index (χ1v) is 6.14. The monoisotopic (exact) mass is 351 g/mol. The number of rotatable bonds is 0. The van der Waals surface area contributed by atoms with Gasteiger partial charge in [0.1, 0.15) is 0 Å². The number of fused-ring (bicyclic) bond motifs is 2. The summed E-state index contributed by atoms with van der Waals surface area (Å²) in [6.45, 7) is 0. The third-order valence-corrected chi connectivity index (χ3v) is 3.10. The molecule has 0 unspecified atom stereocenters. The predicted octanol–water partition coefficient (Wildman–Crippen LogP) is -0.877. The molecule has 0 atom stereocenters. The Kier molecular flexibility index (Phi) is 9.16. The molecule has 0 aliphatic rings. The smallest absolute Gasteiger partial charge is 1.00 e. The maximum atomic E-state index is 2.12. The van der Waals surface area contributed by atoms with Crippen LogP contribution in [0.4, 0.5) is 0 Å². The molecule has 0 amide bonds. The Morgan fingerprint density at radius 1 is 0.524 bits per heavy atom. The van der Waals surface area contributed by atoms with E-state index in [2.05, 4.69) is 84.9 Å². The quantitative estimate of drug-likeness (QED) is 0.361. The second kappa shape index (κ2) is 9.70. The van der Waals surface area contributed by atoms with Crippen molar-refractivity contribution in [3.8, 4) is 0 Å². The van der Waals surface area contributed by atoms with E-state index >= 15 is 0 Å². The van der Waals surface area contributed by atoms with E-state index in [0.29, 0.717) is 0 Å². The maximum Gasteiger partial charge on any atom is 4.00 e. The third kappa shape index (κ3) is 4.95. The van der Waals surface area contributed by atoms with E-state index in [1.807, 2.05) is 0 Å². The largest absolute Gasteiger partial charge is 4.00 e. The molecule has 4 rings (SSSR count). The molecular weight excluding hydrogens is 338 g/mol. The van der Waals surface area contributed by atoms with E-state index < -0.39 is 0 Å². The molecule has 0 heterocycles. The minimum Gasteiger partial charge on any atom is -1.00 e.